The van der Waals surface area contributed by atoms with Crippen molar-refractivity contribution in [2.45, 2.75) is 30.7 Å². The van der Waals surface area contributed by atoms with Crippen LogP contribution in [0.5, 0.6) is 0 Å². The summed E-state index contributed by atoms with van der Waals surface area (Å²) < 4.78 is 32.8. The Balaban J connectivity index is 1.35. The quantitative estimate of drug-likeness (QED) is 0.610. The molecule has 0 saturated carbocycles. The molecule has 4 rings (SSSR count). The standard InChI is InChI=1S/C23H23ClN2O4S/c1-16-2-8-20(9-3-16)31(28,29)26-14-12-19(13-15-26)25-23(27)22-11-10-21(30-22)17-4-6-18(24)7-5-17/h2-11,19H,12-15H2,1H3,(H,25,27). The van der Waals surface area contributed by atoms with Gasteiger partial charge in [0, 0.05) is 29.7 Å². The molecule has 1 amide bonds. The molecule has 3 aromatic rings. The SMILES string of the molecule is Cc1ccc(S(=O)(=O)N2CCC(NC(=O)c3ccc(-c4ccc(Cl)cc4)o3)CC2)cc1. The Morgan fingerprint density at radius 3 is 2.29 bits per heavy atom. The Bertz CT molecular complexity index is 1160. The first-order valence-electron chi connectivity index (χ1n) is 10.1. The monoisotopic (exact) mass is 458 g/mol. The maximum Gasteiger partial charge on any atom is 0.287 e. The van der Waals surface area contributed by atoms with Crippen LogP contribution in [-0.2, 0) is 10.0 Å². The van der Waals surface area contributed by atoms with Gasteiger partial charge in [-0.3, -0.25) is 4.79 Å². The van der Waals surface area contributed by atoms with Crippen molar-refractivity contribution in [1.82, 2.24) is 9.62 Å². The number of sulfonamides is 1. The number of carbonyl (C=O) groups excluding carboxylic acids is 1. The number of nitrogens with zero attached hydrogens (tertiary/aromatic N) is 1. The van der Waals surface area contributed by atoms with Crippen LogP contribution in [0.1, 0.15) is 29.0 Å². The first kappa shape index (κ1) is 21.6. The molecule has 1 aliphatic heterocycles. The highest BCUT2D eigenvalue weighted by molar-refractivity contribution is 7.89. The molecule has 6 nitrogen and oxygen atoms in total. The predicted octanol–water partition coefficient (Wildman–Crippen LogP) is 4.49. The van der Waals surface area contributed by atoms with E-state index in [0.29, 0.717) is 41.6 Å². The lowest BCUT2D eigenvalue weighted by molar-refractivity contribution is 0.0896. The van der Waals surface area contributed by atoms with Gasteiger partial charge in [-0.15, -0.1) is 0 Å². The van der Waals surface area contributed by atoms with Crippen molar-refractivity contribution >= 4 is 27.5 Å². The Morgan fingerprint density at radius 2 is 1.65 bits per heavy atom. The number of carbonyl (C=O) groups is 1. The zero-order chi connectivity index (χ0) is 22.0. The van der Waals surface area contributed by atoms with E-state index in [9.17, 15) is 13.2 Å². The molecule has 2 heterocycles. The molecule has 162 valence electrons. The number of rotatable bonds is 5. The van der Waals surface area contributed by atoms with Crippen LogP contribution < -0.4 is 5.32 Å². The highest BCUT2D eigenvalue weighted by Crippen LogP contribution is 2.25. The number of benzene rings is 2. The van der Waals surface area contributed by atoms with Gasteiger partial charge in [0.2, 0.25) is 10.0 Å². The third-order valence-electron chi connectivity index (χ3n) is 5.41. The highest BCUT2D eigenvalue weighted by Gasteiger charge is 2.30. The highest BCUT2D eigenvalue weighted by atomic mass is 35.5. The fourth-order valence-electron chi connectivity index (χ4n) is 3.59. The maximum absolute atomic E-state index is 12.8. The summed E-state index contributed by atoms with van der Waals surface area (Å²) in [6.07, 6.45) is 1.09. The average Bonchev–Trinajstić information content (AvgIpc) is 3.25. The molecule has 1 aromatic heterocycles. The summed E-state index contributed by atoms with van der Waals surface area (Å²) in [5.41, 5.74) is 1.84. The minimum absolute atomic E-state index is 0.110. The van der Waals surface area contributed by atoms with E-state index in [4.69, 9.17) is 16.0 Å². The summed E-state index contributed by atoms with van der Waals surface area (Å²) in [5, 5.41) is 3.58. The second-order valence-electron chi connectivity index (χ2n) is 7.64. The normalized spacial score (nSPS) is 15.7. The van der Waals surface area contributed by atoms with Gasteiger partial charge in [0.05, 0.1) is 4.90 Å². The molecule has 31 heavy (non-hydrogen) atoms. The van der Waals surface area contributed by atoms with Gasteiger partial charge in [0.15, 0.2) is 5.76 Å². The van der Waals surface area contributed by atoms with E-state index in [0.717, 1.165) is 11.1 Å². The number of furan rings is 1. The lowest BCUT2D eigenvalue weighted by Crippen LogP contribution is -2.46. The molecule has 0 aliphatic carbocycles. The zero-order valence-electron chi connectivity index (χ0n) is 17.0. The van der Waals surface area contributed by atoms with Crippen LogP contribution in [-0.4, -0.2) is 37.8 Å². The van der Waals surface area contributed by atoms with Crippen molar-refractivity contribution in [2.75, 3.05) is 13.1 Å². The number of hydrogen-bond donors (Lipinski definition) is 1. The van der Waals surface area contributed by atoms with Crippen molar-refractivity contribution in [2.24, 2.45) is 0 Å². The molecule has 2 aromatic carbocycles. The second-order valence-corrected chi connectivity index (χ2v) is 10.0. The van der Waals surface area contributed by atoms with Crippen LogP contribution in [0.25, 0.3) is 11.3 Å². The van der Waals surface area contributed by atoms with E-state index in [1.54, 1.807) is 48.5 Å². The van der Waals surface area contributed by atoms with Crippen molar-refractivity contribution in [1.29, 1.82) is 0 Å². The predicted molar refractivity (Wildman–Crippen MR) is 120 cm³/mol. The average molecular weight is 459 g/mol. The van der Waals surface area contributed by atoms with E-state index in [-0.39, 0.29) is 17.7 Å². The molecular weight excluding hydrogens is 436 g/mol. The Morgan fingerprint density at radius 1 is 1.00 bits per heavy atom. The van der Waals surface area contributed by atoms with Gasteiger partial charge in [0.1, 0.15) is 5.76 Å². The largest absolute Gasteiger partial charge is 0.451 e. The van der Waals surface area contributed by atoms with E-state index < -0.39 is 10.0 Å². The molecule has 1 aliphatic rings. The van der Waals surface area contributed by atoms with Gasteiger partial charge < -0.3 is 9.73 Å². The molecule has 0 radical (unpaired) electrons. The molecule has 0 bridgehead atoms. The van der Waals surface area contributed by atoms with E-state index in [1.165, 1.54) is 4.31 Å². The number of hydrogen-bond acceptors (Lipinski definition) is 4. The summed E-state index contributed by atoms with van der Waals surface area (Å²) in [4.78, 5) is 12.9. The van der Waals surface area contributed by atoms with Gasteiger partial charge in [-0.1, -0.05) is 29.3 Å². The number of amides is 1. The van der Waals surface area contributed by atoms with Crippen LogP contribution in [0, 0.1) is 6.92 Å². The van der Waals surface area contributed by atoms with Gasteiger partial charge in [-0.25, -0.2) is 8.42 Å². The molecular formula is C23H23ClN2O4S. The minimum Gasteiger partial charge on any atom is -0.451 e. The third kappa shape index (κ3) is 4.84. The minimum atomic E-state index is -3.52. The third-order valence-corrected chi connectivity index (χ3v) is 7.57. The Kier molecular flexibility index (Phi) is 6.18. The van der Waals surface area contributed by atoms with Gasteiger partial charge in [-0.05, 0) is 68.3 Å². The van der Waals surface area contributed by atoms with Gasteiger partial charge >= 0.3 is 0 Å². The number of piperidine rings is 1. The summed E-state index contributed by atoms with van der Waals surface area (Å²) >= 11 is 5.91. The van der Waals surface area contributed by atoms with Crippen LogP contribution >= 0.6 is 11.6 Å². The lowest BCUT2D eigenvalue weighted by Gasteiger charge is -2.31. The molecule has 0 spiro atoms. The van der Waals surface area contributed by atoms with Crippen LogP contribution in [0.4, 0.5) is 0 Å². The Hall–Kier alpha value is -2.61. The molecule has 1 N–H and O–H groups in total. The van der Waals surface area contributed by atoms with Crippen LogP contribution in [0.15, 0.2) is 70.0 Å². The van der Waals surface area contributed by atoms with Crippen molar-refractivity contribution in [3.8, 4) is 11.3 Å². The fraction of sp³-hybridized carbons (Fsp3) is 0.261. The molecule has 0 atom stereocenters. The summed E-state index contributed by atoms with van der Waals surface area (Å²) in [6, 6.07) is 17.3. The topological polar surface area (TPSA) is 79.6 Å². The Labute approximate surface area is 186 Å². The first-order chi connectivity index (χ1) is 14.8. The zero-order valence-corrected chi connectivity index (χ0v) is 18.6. The molecule has 1 fully saturated rings. The number of nitrogens with one attached hydrogen (secondary N) is 1. The summed E-state index contributed by atoms with van der Waals surface area (Å²) in [7, 11) is -3.52. The molecule has 0 unspecified atom stereocenters. The van der Waals surface area contributed by atoms with Crippen LogP contribution in [0.2, 0.25) is 5.02 Å². The van der Waals surface area contributed by atoms with Crippen molar-refractivity contribution < 1.29 is 17.6 Å². The van der Waals surface area contributed by atoms with E-state index in [2.05, 4.69) is 5.32 Å². The van der Waals surface area contributed by atoms with Gasteiger partial charge in [-0.2, -0.15) is 4.31 Å². The van der Waals surface area contributed by atoms with E-state index >= 15 is 0 Å². The summed E-state index contributed by atoms with van der Waals surface area (Å²) in [5.74, 6) is 0.500. The fourth-order valence-corrected chi connectivity index (χ4v) is 5.18. The lowest BCUT2D eigenvalue weighted by atomic mass is 10.1. The molecule has 1 saturated heterocycles. The molecule has 8 heteroatoms. The first-order valence-corrected chi connectivity index (χ1v) is 11.9. The number of aryl methyl sites for hydroxylation is 1. The van der Waals surface area contributed by atoms with Crippen molar-refractivity contribution in [3.63, 3.8) is 0 Å². The summed E-state index contributed by atoms with van der Waals surface area (Å²) in [6.45, 7) is 2.63. The smallest absolute Gasteiger partial charge is 0.287 e. The number of halogens is 1. The van der Waals surface area contributed by atoms with E-state index in [1.807, 2.05) is 19.1 Å². The van der Waals surface area contributed by atoms with Gasteiger partial charge in [0.25, 0.3) is 5.91 Å². The van der Waals surface area contributed by atoms with Crippen molar-refractivity contribution in [3.05, 3.63) is 77.0 Å². The second kappa shape index (κ2) is 8.86. The van der Waals surface area contributed by atoms with Crippen LogP contribution in [0.3, 0.4) is 0 Å². The maximum atomic E-state index is 12.8.